The van der Waals surface area contributed by atoms with E-state index in [2.05, 4.69) is 21.8 Å². The number of imide groups is 1. The number of piperidine rings is 1. The average molecular weight is 431 g/mol. The van der Waals surface area contributed by atoms with E-state index in [1.165, 1.54) is 0 Å². The summed E-state index contributed by atoms with van der Waals surface area (Å²) < 4.78 is 7.28. The van der Waals surface area contributed by atoms with Crippen molar-refractivity contribution < 1.29 is 19.1 Å². The molecule has 1 atom stereocenters. The molecule has 1 aliphatic rings. The van der Waals surface area contributed by atoms with E-state index >= 15 is 0 Å². The molecule has 1 unspecified atom stereocenters. The number of fused-ring (bicyclic) bond motifs is 1. The summed E-state index contributed by atoms with van der Waals surface area (Å²) in [6.45, 7) is 0.134. The third-order valence-corrected chi connectivity index (χ3v) is 5.34. The summed E-state index contributed by atoms with van der Waals surface area (Å²) in [5, 5.41) is 19.4. The second-order valence-corrected chi connectivity index (χ2v) is 7.57. The van der Waals surface area contributed by atoms with Gasteiger partial charge in [0.2, 0.25) is 11.8 Å². The molecule has 162 valence electrons. The molecular weight excluding hydrogens is 410 g/mol. The van der Waals surface area contributed by atoms with Crippen molar-refractivity contribution >= 4 is 28.6 Å². The number of carbonyl (C=O) groups is 3. The number of nitrogens with one attached hydrogen (secondary N) is 2. The zero-order chi connectivity index (χ0) is 22.7. The van der Waals surface area contributed by atoms with E-state index in [-0.39, 0.29) is 30.7 Å². The summed E-state index contributed by atoms with van der Waals surface area (Å²) in [5.74, 6) is -0.871. The summed E-state index contributed by atoms with van der Waals surface area (Å²) in [7, 11) is 1.77. The maximum absolute atomic E-state index is 12.2. The molecule has 0 saturated carbocycles. The minimum Gasteiger partial charge on any atom is -0.484 e. The highest BCUT2D eigenvalue weighted by molar-refractivity contribution is 6.02. The molecule has 3 aromatic rings. The zero-order valence-electron chi connectivity index (χ0n) is 17.4. The lowest BCUT2D eigenvalue weighted by Gasteiger charge is -2.19. The molecule has 1 fully saturated rings. The number of amides is 3. The van der Waals surface area contributed by atoms with Crippen LogP contribution in [0.2, 0.25) is 0 Å². The number of nitriles is 1. The Labute approximate surface area is 184 Å². The summed E-state index contributed by atoms with van der Waals surface area (Å²) in [5.41, 5.74) is 2.75. The van der Waals surface area contributed by atoms with Crippen molar-refractivity contribution in [1.82, 2.24) is 20.4 Å². The predicted molar refractivity (Wildman–Crippen MR) is 114 cm³/mol. The van der Waals surface area contributed by atoms with Crippen LogP contribution >= 0.6 is 0 Å². The summed E-state index contributed by atoms with van der Waals surface area (Å²) in [6.07, 6.45) is 0.706. The molecule has 9 nitrogen and oxygen atoms in total. The molecule has 0 aliphatic carbocycles. The molecule has 1 aromatic heterocycles. The quantitative estimate of drug-likeness (QED) is 0.572. The second-order valence-electron chi connectivity index (χ2n) is 7.57. The van der Waals surface area contributed by atoms with Crippen molar-refractivity contribution in [2.75, 3.05) is 6.61 Å². The van der Waals surface area contributed by atoms with E-state index in [4.69, 9.17) is 10.00 Å². The highest BCUT2D eigenvalue weighted by Crippen LogP contribution is 2.31. The standard InChI is InChI=1S/C23H21N5O4/c1-28-19-10-16(32-13-21(30)25-12-15-4-2-3-14(9-15)11-24)5-6-17(19)22(27-28)18-7-8-20(29)26-23(18)31/h2-6,9-10,18H,7-8,12-13H2,1H3,(H,25,30)(H,26,29,31). The van der Waals surface area contributed by atoms with Gasteiger partial charge in [0.05, 0.1) is 28.8 Å². The van der Waals surface area contributed by atoms with Gasteiger partial charge in [-0.3, -0.25) is 24.4 Å². The molecule has 0 radical (unpaired) electrons. The Kier molecular flexibility index (Phi) is 5.85. The van der Waals surface area contributed by atoms with Gasteiger partial charge in [0.1, 0.15) is 5.75 Å². The lowest BCUT2D eigenvalue weighted by molar-refractivity contribution is -0.134. The third kappa shape index (κ3) is 4.44. The van der Waals surface area contributed by atoms with Crippen LogP contribution in [0.1, 0.15) is 35.6 Å². The molecule has 4 rings (SSSR count). The maximum atomic E-state index is 12.2. The smallest absolute Gasteiger partial charge is 0.258 e. The van der Waals surface area contributed by atoms with E-state index in [0.29, 0.717) is 30.0 Å². The van der Waals surface area contributed by atoms with Crippen molar-refractivity contribution in [3.8, 4) is 11.8 Å². The molecule has 2 N–H and O–H groups in total. The van der Waals surface area contributed by atoms with Crippen molar-refractivity contribution in [3.05, 3.63) is 59.3 Å². The van der Waals surface area contributed by atoms with Gasteiger partial charge in [-0.25, -0.2) is 0 Å². The monoisotopic (exact) mass is 431 g/mol. The first-order valence-corrected chi connectivity index (χ1v) is 10.1. The van der Waals surface area contributed by atoms with Gasteiger partial charge < -0.3 is 10.1 Å². The predicted octanol–water partition coefficient (Wildman–Crippen LogP) is 1.66. The van der Waals surface area contributed by atoms with Gasteiger partial charge in [0.15, 0.2) is 6.61 Å². The molecule has 0 bridgehead atoms. The Balaban J connectivity index is 1.40. The first-order valence-electron chi connectivity index (χ1n) is 10.1. The zero-order valence-corrected chi connectivity index (χ0v) is 17.4. The first-order chi connectivity index (χ1) is 15.4. The number of benzene rings is 2. The Morgan fingerprint density at radius 3 is 2.94 bits per heavy atom. The van der Waals surface area contributed by atoms with E-state index in [1.807, 2.05) is 12.1 Å². The maximum Gasteiger partial charge on any atom is 0.258 e. The van der Waals surface area contributed by atoms with E-state index in [9.17, 15) is 14.4 Å². The average Bonchev–Trinajstić information content (AvgIpc) is 3.12. The van der Waals surface area contributed by atoms with Crippen molar-refractivity contribution in [3.63, 3.8) is 0 Å². The normalized spacial score (nSPS) is 15.8. The number of aromatic nitrogens is 2. The molecule has 0 spiro atoms. The lowest BCUT2D eigenvalue weighted by atomic mass is 9.93. The van der Waals surface area contributed by atoms with E-state index in [0.717, 1.165) is 16.5 Å². The molecule has 3 amide bonds. The van der Waals surface area contributed by atoms with Crippen LogP contribution in [0.4, 0.5) is 0 Å². The van der Waals surface area contributed by atoms with Gasteiger partial charge in [0, 0.05) is 31.5 Å². The third-order valence-electron chi connectivity index (χ3n) is 5.34. The van der Waals surface area contributed by atoms with Crippen LogP contribution < -0.4 is 15.4 Å². The van der Waals surface area contributed by atoms with Gasteiger partial charge >= 0.3 is 0 Å². The number of carbonyl (C=O) groups excluding carboxylic acids is 3. The Morgan fingerprint density at radius 1 is 1.31 bits per heavy atom. The van der Waals surface area contributed by atoms with Crippen LogP contribution in [0.3, 0.4) is 0 Å². The highest BCUT2D eigenvalue weighted by Gasteiger charge is 2.31. The van der Waals surface area contributed by atoms with Crippen molar-refractivity contribution in [2.45, 2.75) is 25.3 Å². The van der Waals surface area contributed by atoms with Crippen molar-refractivity contribution in [2.24, 2.45) is 7.05 Å². The van der Waals surface area contributed by atoms with Crippen LogP contribution in [-0.4, -0.2) is 34.1 Å². The largest absolute Gasteiger partial charge is 0.484 e. The van der Waals surface area contributed by atoms with Crippen LogP contribution in [0, 0.1) is 11.3 Å². The Bertz CT molecular complexity index is 1260. The fraction of sp³-hybridized carbons (Fsp3) is 0.261. The van der Waals surface area contributed by atoms with Gasteiger partial charge in [-0.1, -0.05) is 12.1 Å². The van der Waals surface area contributed by atoms with Crippen LogP contribution in [0.15, 0.2) is 42.5 Å². The van der Waals surface area contributed by atoms with Gasteiger partial charge in [-0.15, -0.1) is 0 Å². The number of nitrogens with zero attached hydrogens (tertiary/aromatic N) is 3. The van der Waals surface area contributed by atoms with Gasteiger partial charge in [0.25, 0.3) is 5.91 Å². The molecule has 9 heteroatoms. The summed E-state index contributed by atoms with van der Waals surface area (Å²) in [4.78, 5) is 35.8. The van der Waals surface area contributed by atoms with Gasteiger partial charge in [-0.2, -0.15) is 10.4 Å². The van der Waals surface area contributed by atoms with Crippen molar-refractivity contribution in [1.29, 1.82) is 5.26 Å². The number of hydrogen-bond donors (Lipinski definition) is 2. The summed E-state index contributed by atoms with van der Waals surface area (Å²) in [6, 6.07) is 14.4. The number of hydrogen-bond acceptors (Lipinski definition) is 6. The fourth-order valence-electron chi connectivity index (χ4n) is 3.72. The van der Waals surface area contributed by atoms with E-state index in [1.54, 1.807) is 42.1 Å². The Hall–Kier alpha value is -4.19. The fourth-order valence-corrected chi connectivity index (χ4v) is 3.72. The molecule has 2 heterocycles. The topological polar surface area (TPSA) is 126 Å². The minimum atomic E-state index is -0.478. The SMILES string of the molecule is Cn1nc(C2CCC(=O)NC2=O)c2ccc(OCC(=O)NCc3cccc(C#N)c3)cc21. The van der Waals surface area contributed by atoms with Gasteiger partial charge in [-0.05, 0) is 36.2 Å². The molecule has 1 saturated heterocycles. The minimum absolute atomic E-state index is 0.165. The number of aryl methyl sites for hydroxylation is 1. The highest BCUT2D eigenvalue weighted by atomic mass is 16.5. The Morgan fingerprint density at radius 2 is 2.16 bits per heavy atom. The van der Waals surface area contributed by atoms with E-state index < -0.39 is 5.92 Å². The molecule has 2 aromatic carbocycles. The van der Waals surface area contributed by atoms with Crippen LogP contribution in [-0.2, 0) is 28.0 Å². The van der Waals surface area contributed by atoms with Crippen LogP contribution in [0.5, 0.6) is 5.75 Å². The summed E-state index contributed by atoms with van der Waals surface area (Å²) >= 11 is 0. The number of ether oxygens (including phenoxy) is 1. The molecule has 1 aliphatic heterocycles. The number of rotatable bonds is 6. The lowest BCUT2D eigenvalue weighted by Crippen LogP contribution is -2.39. The first kappa shape index (κ1) is 21.1. The second kappa shape index (κ2) is 8.89. The van der Waals surface area contributed by atoms with Crippen LogP contribution in [0.25, 0.3) is 10.9 Å². The molecular formula is C23H21N5O4. The molecule has 32 heavy (non-hydrogen) atoms.